The van der Waals surface area contributed by atoms with Crippen molar-refractivity contribution in [1.82, 2.24) is 5.32 Å². The molecule has 0 aliphatic carbocycles. The van der Waals surface area contributed by atoms with E-state index in [1.165, 1.54) is 0 Å². The van der Waals surface area contributed by atoms with Crippen LogP contribution >= 0.6 is 35.0 Å². The molecule has 0 fully saturated rings. The SMILES string of the molecule is O=C(Cl)C1(Cl)NC=CS1. The summed E-state index contributed by atoms with van der Waals surface area (Å²) in [4.78, 5) is 10.5. The average Bonchev–Trinajstić information content (AvgIpc) is 2.16. The van der Waals surface area contributed by atoms with E-state index in [-0.39, 0.29) is 0 Å². The van der Waals surface area contributed by atoms with Crippen LogP contribution in [0.15, 0.2) is 11.6 Å². The minimum Gasteiger partial charge on any atom is -0.357 e. The highest BCUT2D eigenvalue weighted by atomic mass is 35.5. The number of nitrogens with one attached hydrogen (secondary N) is 1. The van der Waals surface area contributed by atoms with Gasteiger partial charge in [0, 0.05) is 6.20 Å². The maximum Gasteiger partial charge on any atom is 0.273 e. The van der Waals surface area contributed by atoms with Crippen LogP contribution in [0.1, 0.15) is 0 Å². The van der Waals surface area contributed by atoms with Crippen molar-refractivity contribution in [2.24, 2.45) is 0 Å². The van der Waals surface area contributed by atoms with Crippen LogP contribution in [0.5, 0.6) is 0 Å². The van der Waals surface area contributed by atoms with E-state index in [2.05, 4.69) is 5.32 Å². The Kier molecular flexibility index (Phi) is 1.94. The molecule has 0 aromatic heterocycles. The molecule has 1 rings (SSSR count). The van der Waals surface area contributed by atoms with Crippen molar-refractivity contribution in [3.05, 3.63) is 11.6 Å². The standard InChI is InChI=1S/C4H3Cl2NOS/c5-3(8)4(6)7-1-2-9-4/h1-2,7H. The highest BCUT2D eigenvalue weighted by Gasteiger charge is 2.36. The Hall–Kier alpha value is 0.140. The second kappa shape index (κ2) is 2.40. The van der Waals surface area contributed by atoms with Crippen molar-refractivity contribution < 1.29 is 4.79 Å². The van der Waals surface area contributed by atoms with E-state index in [0.717, 1.165) is 11.8 Å². The van der Waals surface area contributed by atoms with Gasteiger partial charge in [-0.2, -0.15) is 0 Å². The minimum absolute atomic E-state index is 0.598. The molecule has 1 unspecified atom stereocenters. The molecule has 0 aromatic rings. The zero-order valence-corrected chi connectivity index (χ0v) is 6.56. The molecule has 0 amide bonds. The van der Waals surface area contributed by atoms with Gasteiger partial charge in [0.25, 0.3) is 5.24 Å². The molecule has 0 saturated heterocycles. The number of rotatable bonds is 1. The third kappa shape index (κ3) is 1.34. The Morgan fingerprint density at radius 3 is 2.67 bits per heavy atom. The van der Waals surface area contributed by atoms with Crippen molar-refractivity contribution in [2.45, 2.75) is 4.33 Å². The Morgan fingerprint density at radius 2 is 2.44 bits per heavy atom. The van der Waals surface area contributed by atoms with E-state index in [1.54, 1.807) is 11.6 Å². The summed E-state index contributed by atoms with van der Waals surface area (Å²) in [5.74, 6) is 0. The fraction of sp³-hybridized carbons (Fsp3) is 0.250. The van der Waals surface area contributed by atoms with Gasteiger partial charge >= 0.3 is 0 Å². The lowest BCUT2D eigenvalue weighted by molar-refractivity contribution is -0.112. The maximum atomic E-state index is 10.5. The fourth-order valence-electron chi connectivity index (χ4n) is 0.406. The molecule has 2 nitrogen and oxygen atoms in total. The van der Waals surface area contributed by atoms with Gasteiger partial charge in [-0.1, -0.05) is 23.4 Å². The number of alkyl halides is 1. The van der Waals surface area contributed by atoms with Crippen LogP contribution in [0.2, 0.25) is 0 Å². The Bertz CT molecular complexity index is 162. The lowest BCUT2D eigenvalue weighted by Gasteiger charge is -2.14. The fourth-order valence-corrected chi connectivity index (χ4v) is 1.36. The van der Waals surface area contributed by atoms with E-state index in [9.17, 15) is 4.79 Å². The van der Waals surface area contributed by atoms with E-state index in [4.69, 9.17) is 23.2 Å². The van der Waals surface area contributed by atoms with Gasteiger partial charge in [0.05, 0.1) is 0 Å². The molecule has 1 heterocycles. The van der Waals surface area contributed by atoms with E-state index >= 15 is 0 Å². The molecule has 50 valence electrons. The van der Waals surface area contributed by atoms with Crippen LogP contribution in [-0.4, -0.2) is 9.57 Å². The number of hydrogen-bond acceptors (Lipinski definition) is 3. The summed E-state index contributed by atoms with van der Waals surface area (Å²) < 4.78 is -1.15. The summed E-state index contributed by atoms with van der Waals surface area (Å²) in [5.41, 5.74) is 0. The maximum absolute atomic E-state index is 10.5. The predicted octanol–water partition coefficient (Wildman–Crippen LogP) is 1.45. The first kappa shape index (κ1) is 7.25. The first-order valence-electron chi connectivity index (χ1n) is 2.14. The van der Waals surface area contributed by atoms with Crippen molar-refractivity contribution in [2.75, 3.05) is 0 Å². The molecule has 0 radical (unpaired) electrons. The van der Waals surface area contributed by atoms with Gasteiger partial charge < -0.3 is 5.32 Å². The summed E-state index contributed by atoms with van der Waals surface area (Å²) in [6.45, 7) is 0. The monoisotopic (exact) mass is 183 g/mol. The minimum atomic E-state index is -1.15. The quantitative estimate of drug-likeness (QED) is 0.380. The molecule has 9 heavy (non-hydrogen) atoms. The summed E-state index contributed by atoms with van der Waals surface area (Å²) in [6, 6.07) is 0. The largest absolute Gasteiger partial charge is 0.357 e. The van der Waals surface area contributed by atoms with Gasteiger partial charge in [-0.05, 0) is 17.0 Å². The molecule has 1 aliphatic rings. The van der Waals surface area contributed by atoms with Gasteiger partial charge in [-0.3, -0.25) is 4.79 Å². The predicted molar refractivity (Wildman–Crippen MR) is 39.3 cm³/mol. The van der Waals surface area contributed by atoms with Crippen LogP contribution in [0.25, 0.3) is 0 Å². The number of halogens is 2. The number of carbonyl (C=O) groups excluding carboxylic acids is 1. The normalized spacial score (nSPS) is 32.2. The molecule has 5 heteroatoms. The summed E-state index contributed by atoms with van der Waals surface area (Å²) in [7, 11) is 0. The molecule has 1 aliphatic heterocycles. The summed E-state index contributed by atoms with van der Waals surface area (Å²) >= 11 is 11.9. The molecular formula is C4H3Cl2NOS. The van der Waals surface area contributed by atoms with Gasteiger partial charge in [0.2, 0.25) is 4.33 Å². The van der Waals surface area contributed by atoms with Crippen LogP contribution < -0.4 is 5.32 Å². The lowest BCUT2D eigenvalue weighted by atomic mass is 10.7. The molecule has 1 N–H and O–H groups in total. The Balaban J connectivity index is 2.66. The third-order valence-electron chi connectivity index (χ3n) is 0.820. The smallest absolute Gasteiger partial charge is 0.273 e. The number of carbonyl (C=O) groups is 1. The number of hydrogen-bond donors (Lipinski definition) is 1. The lowest BCUT2D eigenvalue weighted by Crippen LogP contribution is -2.34. The highest BCUT2D eigenvalue weighted by molar-refractivity contribution is 8.05. The van der Waals surface area contributed by atoms with Crippen LogP contribution in [0.3, 0.4) is 0 Å². The molecule has 0 aromatic carbocycles. The molecule has 0 saturated carbocycles. The Labute approximate surface area is 66.6 Å². The van der Waals surface area contributed by atoms with Gasteiger partial charge in [0.15, 0.2) is 0 Å². The van der Waals surface area contributed by atoms with E-state index in [0.29, 0.717) is 0 Å². The van der Waals surface area contributed by atoms with Crippen molar-refractivity contribution in [3.63, 3.8) is 0 Å². The molecular weight excluding hydrogens is 181 g/mol. The van der Waals surface area contributed by atoms with E-state index < -0.39 is 9.57 Å². The number of thioether (sulfide) groups is 1. The zero-order chi connectivity index (χ0) is 6.91. The second-order valence-electron chi connectivity index (χ2n) is 1.43. The molecule has 1 atom stereocenters. The topological polar surface area (TPSA) is 29.1 Å². The Morgan fingerprint density at radius 1 is 1.78 bits per heavy atom. The summed E-state index contributed by atoms with van der Waals surface area (Å²) in [6.07, 6.45) is 1.58. The van der Waals surface area contributed by atoms with Gasteiger partial charge in [-0.15, -0.1) is 0 Å². The highest BCUT2D eigenvalue weighted by Crippen LogP contribution is 2.34. The molecule has 0 spiro atoms. The van der Waals surface area contributed by atoms with Crippen LogP contribution in [-0.2, 0) is 4.79 Å². The van der Waals surface area contributed by atoms with Crippen molar-refractivity contribution in [1.29, 1.82) is 0 Å². The van der Waals surface area contributed by atoms with Crippen molar-refractivity contribution in [3.8, 4) is 0 Å². The summed E-state index contributed by atoms with van der Waals surface area (Å²) in [5, 5.41) is 3.67. The third-order valence-corrected chi connectivity index (χ3v) is 2.76. The van der Waals surface area contributed by atoms with Gasteiger partial charge in [0.1, 0.15) is 0 Å². The van der Waals surface area contributed by atoms with Crippen LogP contribution in [0, 0.1) is 0 Å². The first-order chi connectivity index (χ1) is 4.15. The second-order valence-corrected chi connectivity index (χ2v) is 3.69. The molecule has 0 bridgehead atoms. The van der Waals surface area contributed by atoms with Crippen molar-refractivity contribution >= 4 is 40.2 Å². The zero-order valence-electron chi connectivity index (χ0n) is 4.23. The first-order valence-corrected chi connectivity index (χ1v) is 3.78. The van der Waals surface area contributed by atoms with Crippen LogP contribution in [0.4, 0.5) is 0 Å². The average molecular weight is 184 g/mol. The van der Waals surface area contributed by atoms with E-state index in [1.807, 2.05) is 0 Å². The van der Waals surface area contributed by atoms with Gasteiger partial charge in [-0.25, -0.2) is 0 Å².